The van der Waals surface area contributed by atoms with Crippen LogP contribution in [-0.2, 0) is 7.05 Å². The van der Waals surface area contributed by atoms with Gasteiger partial charge in [0, 0.05) is 13.2 Å². The number of rotatable bonds is 3. The smallest absolute Gasteiger partial charge is 0.338 e. The number of hydrogen-bond donors (Lipinski definition) is 3. The molecule has 1 heterocycles. The van der Waals surface area contributed by atoms with Crippen molar-refractivity contribution in [1.82, 2.24) is 9.78 Å². The predicted octanol–water partition coefficient (Wildman–Crippen LogP) is 2.38. The van der Waals surface area contributed by atoms with Crippen LogP contribution < -0.4 is 10.6 Å². The van der Waals surface area contributed by atoms with Gasteiger partial charge in [-0.3, -0.25) is 4.68 Å². The number of aromatic carboxylic acids is 1. The number of carbonyl (C=O) groups excluding carboxylic acids is 1. The SMILES string of the molecule is Cc1cccc(NC(=O)Nc2cn(C)nc2C)c1C(=O)O. The van der Waals surface area contributed by atoms with E-state index in [1.165, 1.54) is 0 Å². The van der Waals surface area contributed by atoms with E-state index in [-0.39, 0.29) is 11.3 Å². The topological polar surface area (TPSA) is 96.3 Å². The zero-order valence-corrected chi connectivity index (χ0v) is 12.0. The van der Waals surface area contributed by atoms with Crippen molar-refractivity contribution in [3.05, 3.63) is 41.2 Å². The number of aryl methyl sites for hydroxylation is 3. The first-order valence-electron chi connectivity index (χ1n) is 6.29. The number of aromatic nitrogens is 2. The molecule has 0 aliphatic rings. The molecule has 21 heavy (non-hydrogen) atoms. The summed E-state index contributed by atoms with van der Waals surface area (Å²) in [6, 6.07) is 4.40. The van der Waals surface area contributed by atoms with Crippen molar-refractivity contribution in [3.8, 4) is 0 Å². The second kappa shape index (κ2) is 5.66. The molecule has 2 rings (SSSR count). The lowest BCUT2D eigenvalue weighted by atomic mass is 10.1. The number of amides is 2. The fourth-order valence-electron chi connectivity index (χ4n) is 2.05. The van der Waals surface area contributed by atoms with Crippen molar-refractivity contribution in [2.75, 3.05) is 10.6 Å². The molecule has 2 aromatic rings. The summed E-state index contributed by atoms with van der Waals surface area (Å²) in [5.41, 5.74) is 2.16. The van der Waals surface area contributed by atoms with E-state index in [1.807, 2.05) is 0 Å². The summed E-state index contributed by atoms with van der Waals surface area (Å²) in [6.45, 7) is 3.45. The molecule has 0 fully saturated rings. The third kappa shape index (κ3) is 3.19. The van der Waals surface area contributed by atoms with Gasteiger partial charge in [-0.05, 0) is 25.5 Å². The van der Waals surface area contributed by atoms with Crippen LogP contribution in [0.5, 0.6) is 0 Å². The van der Waals surface area contributed by atoms with Crippen molar-refractivity contribution >= 4 is 23.4 Å². The Kier molecular flexibility index (Phi) is 3.93. The number of carboxylic acid groups (broad SMARTS) is 1. The lowest BCUT2D eigenvalue weighted by Crippen LogP contribution is -2.21. The minimum Gasteiger partial charge on any atom is -0.478 e. The van der Waals surface area contributed by atoms with Gasteiger partial charge >= 0.3 is 12.0 Å². The van der Waals surface area contributed by atoms with Crippen molar-refractivity contribution in [3.63, 3.8) is 0 Å². The van der Waals surface area contributed by atoms with Crippen LogP contribution in [0.1, 0.15) is 21.6 Å². The van der Waals surface area contributed by atoms with Crippen LogP contribution in [0.25, 0.3) is 0 Å². The Balaban J connectivity index is 2.19. The van der Waals surface area contributed by atoms with E-state index < -0.39 is 12.0 Å². The summed E-state index contributed by atoms with van der Waals surface area (Å²) in [7, 11) is 1.75. The molecule has 0 aliphatic carbocycles. The number of anilines is 2. The van der Waals surface area contributed by atoms with Crippen LogP contribution in [0.15, 0.2) is 24.4 Å². The third-order valence-corrected chi connectivity index (χ3v) is 3.00. The molecule has 0 saturated heterocycles. The van der Waals surface area contributed by atoms with E-state index in [0.29, 0.717) is 16.9 Å². The molecule has 0 bridgehead atoms. The van der Waals surface area contributed by atoms with Crippen LogP contribution in [0.4, 0.5) is 16.2 Å². The minimum absolute atomic E-state index is 0.0792. The number of urea groups is 1. The monoisotopic (exact) mass is 288 g/mol. The Bertz CT molecular complexity index is 706. The molecular formula is C14H16N4O3. The number of nitrogens with one attached hydrogen (secondary N) is 2. The average molecular weight is 288 g/mol. The van der Waals surface area contributed by atoms with Crippen molar-refractivity contribution in [2.24, 2.45) is 7.05 Å². The van der Waals surface area contributed by atoms with Gasteiger partial charge in [-0.1, -0.05) is 12.1 Å². The quantitative estimate of drug-likeness (QED) is 0.807. The van der Waals surface area contributed by atoms with Crippen LogP contribution in [0.2, 0.25) is 0 Å². The number of benzene rings is 1. The van der Waals surface area contributed by atoms with Crippen LogP contribution in [0.3, 0.4) is 0 Å². The number of carboxylic acids is 1. The van der Waals surface area contributed by atoms with Crippen LogP contribution >= 0.6 is 0 Å². The molecule has 1 aromatic heterocycles. The highest BCUT2D eigenvalue weighted by Crippen LogP contribution is 2.20. The zero-order valence-electron chi connectivity index (χ0n) is 12.0. The maximum absolute atomic E-state index is 12.0. The Morgan fingerprint density at radius 3 is 2.43 bits per heavy atom. The highest BCUT2D eigenvalue weighted by atomic mass is 16.4. The molecule has 7 heteroatoms. The average Bonchev–Trinajstić information content (AvgIpc) is 2.67. The van der Waals surface area contributed by atoms with Gasteiger partial charge < -0.3 is 15.7 Å². The summed E-state index contributed by atoms with van der Waals surface area (Å²) in [6.07, 6.45) is 1.67. The van der Waals surface area contributed by atoms with Gasteiger partial charge in [0.1, 0.15) is 0 Å². The lowest BCUT2D eigenvalue weighted by molar-refractivity contribution is 0.0697. The number of nitrogens with zero attached hydrogens (tertiary/aromatic N) is 2. The van der Waals surface area contributed by atoms with Gasteiger partial charge in [0.15, 0.2) is 0 Å². The zero-order chi connectivity index (χ0) is 15.6. The van der Waals surface area contributed by atoms with Gasteiger partial charge in [0.2, 0.25) is 0 Å². The first-order chi connectivity index (χ1) is 9.88. The van der Waals surface area contributed by atoms with Crippen molar-refractivity contribution < 1.29 is 14.7 Å². The summed E-state index contributed by atoms with van der Waals surface area (Å²) in [5.74, 6) is -1.08. The molecule has 2 amide bonds. The van der Waals surface area contributed by atoms with Gasteiger partial charge in [-0.25, -0.2) is 9.59 Å². The van der Waals surface area contributed by atoms with Gasteiger partial charge in [-0.2, -0.15) is 5.10 Å². The van der Waals surface area contributed by atoms with Crippen LogP contribution in [-0.4, -0.2) is 26.9 Å². The molecular weight excluding hydrogens is 272 g/mol. The van der Waals surface area contributed by atoms with Gasteiger partial charge in [-0.15, -0.1) is 0 Å². The number of hydrogen-bond acceptors (Lipinski definition) is 3. The first kappa shape index (κ1) is 14.6. The van der Waals surface area contributed by atoms with E-state index in [0.717, 1.165) is 0 Å². The molecule has 0 radical (unpaired) electrons. The predicted molar refractivity (Wildman–Crippen MR) is 78.7 cm³/mol. The van der Waals surface area contributed by atoms with E-state index >= 15 is 0 Å². The first-order valence-corrected chi connectivity index (χ1v) is 6.29. The lowest BCUT2D eigenvalue weighted by Gasteiger charge is -2.11. The molecule has 7 nitrogen and oxygen atoms in total. The van der Waals surface area contributed by atoms with Crippen LogP contribution in [0, 0.1) is 13.8 Å². The van der Waals surface area contributed by atoms with Crippen molar-refractivity contribution in [2.45, 2.75) is 13.8 Å². The largest absolute Gasteiger partial charge is 0.478 e. The maximum Gasteiger partial charge on any atom is 0.338 e. The molecule has 0 unspecified atom stereocenters. The summed E-state index contributed by atoms with van der Waals surface area (Å²) >= 11 is 0. The molecule has 1 aromatic carbocycles. The Morgan fingerprint density at radius 2 is 1.86 bits per heavy atom. The minimum atomic E-state index is -1.08. The van der Waals surface area contributed by atoms with E-state index in [9.17, 15) is 14.7 Å². The van der Waals surface area contributed by atoms with Gasteiger partial charge in [0.25, 0.3) is 0 Å². The molecule has 0 spiro atoms. The van der Waals surface area contributed by atoms with E-state index in [4.69, 9.17) is 0 Å². The Morgan fingerprint density at radius 1 is 1.19 bits per heavy atom. The highest BCUT2D eigenvalue weighted by molar-refractivity contribution is 6.05. The Labute approximate surface area is 121 Å². The molecule has 0 aliphatic heterocycles. The molecule has 110 valence electrons. The van der Waals surface area contributed by atoms with E-state index in [2.05, 4.69) is 15.7 Å². The van der Waals surface area contributed by atoms with E-state index in [1.54, 1.807) is 50.0 Å². The Hall–Kier alpha value is -2.83. The standard InChI is InChI=1S/C14H16N4O3/c1-8-5-4-6-10(12(8)13(19)20)15-14(21)16-11-7-18(3)17-9(11)2/h4-7H,1-3H3,(H,19,20)(H2,15,16,21). The number of carbonyl (C=O) groups is 2. The molecule has 0 atom stereocenters. The normalized spacial score (nSPS) is 10.2. The molecule has 3 N–H and O–H groups in total. The molecule has 0 saturated carbocycles. The second-order valence-corrected chi connectivity index (χ2v) is 4.68. The fourth-order valence-corrected chi connectivity index (χ4v) is 2.05. The van der Waals surface area contributed by atoms with Crippen molar-refractivity contribution in [1.29, 1.82) is 0 Å². The van der Waals surface area contributed by atoms with Gasteiger partial charge in [0.05, 0.1) is 22.6 Å². The summed E-state index contributed by atoms with van der Waals surface area (Å²) < 4.78 is 1.58. The summed E-state index contributed by atoms with van der Waals surface area (Å²) in [5, 5.41) is 18.5. The highest BCUT2D eigenvalue weighted by Gasteiger charge is 2.15. The summed E-state index contributed by atoms with van der Waals surface area (Å²) in [4.78, 5) is 23.2. The maximum atomic E-state index is 12.0. The fraction of sp³-hybridized carbons (Fsp3) is 0.214. The second-order valence-electron chi connectivity index (χ2n) is 4.68. The third-order valence-electron chi connectivity index (χ3n) is 3.00.